The largest absolute Gasteiger partial charge is 0.464 e. The number of hydrogen-bond donors (Lipinski definition) is 0. The number of ether oxygens (including phenoxy) is 3. The summed E-state index contributed by atoms with van der Waals surface area (Å²) in [7, 11) is 1.21. The van der Waals surface area contributed by atoms with E-state index in [-0.39, 0.29) is 17.9 Å². The first-order valence-corrected chi connectivity index (χ1v) is 7.95. The van der Waals surface area contributed by atoms with E-state index < -0.39 is 29.4 Å². The number of carbonyl (C=O) groups excluding carboxylic acids is 3. The second-order valence-electron chi connectivity index (χ2n) is 7.43. The van der Waals surface area contributed by atoms with Crippen LogP contribution in [0.15, 0.2) is 12.4 Å². The molecule has 0 aromatic carbocycles. The third-order valence-electron chi connectivity index (χ3n) is 2.63. The number of nitrogens with zero attached hydrogens (tertiary/aromatic N) is 3. The lowest BCUT2D eigenvalue weighted by atomic mass is 10.2. The van der Waals surface area contributed by atoms with Crippen LogP contribution in [0.1, 0.15) is 57.7 Å². The molecule has 0 aliphatic heterocycles. The van der Waals surface area contributed by atoms with Crippen LogP contribution >= 0.6 is 0 Å². The van der Waals surface area contributed by atoms with Crippen molar-refractivity contribution in [1.29, 1.82) is 0 Å². The molecule has 0 aliphatic carbocycles. The molecule has 144 valence electrons. The van der Waals surface area contributed by atoms with Crippen molar-refractivity contribution < 1.29 is 28.6 Å². The van der Waals surface area contributed by atoms with Crippen molar-refractivity contribution in [3.63, 3.8) is 0 Å². The number of methoxy groups -OCH3 is 1. The highest BCUT2D eigenvalue weighted by Crippen LogP contribution is 2.16. The highest BCUT2D eigenvalue weighted by atomic mass is 16.6. The Kier molecular flexibility index (Phi) is 6.66. The van der Waals surface area contributed by atoms with Gasteiger partial charge in [-0.15, -0.1) is 0 Å². The van der Waals surface area contributed by atoms with Gasteiger partial charge in [0.2, 0.25) is 0 Å². The van der Waals surface area contributed by atoms with Crippen LogP contribution in [0, 0.1) is 0 Å². The summed E-state index contributed by atoms with van der Waals surface area (Å²) in [6.45, 7) is 9.78. The molecule has 1 heterocycles. The maximum atomic E-state index is 12.4. The molecule has 0 saturated carbocycles. The van der Waals surface area contributed by atoms with E-state index in [1.54, 1.807) is 41.5 Å². The van der Waals surface area contributed by atoms with Gasteiger partial charge in [-0.2, -0.15) is 0 Å². The monoisotopic (exact) mass is 367 g/mol. The average Bonchev–Trinajstić information content (AvgIpc) is 2.48. The molecule has 1 aromatic heterocycles. The Bertz CT molecular complexity index is 648. The van der Waals surface area contributed by atoms with Gasteiger partial charge in [0, 0.05) is 0 Å². The van der Waals surface area contributed by atoms with Gasteiger partial charge in [-0.25, -0.2) is 24.3 Å². The van der Waals surface area contributed by atoms with Crippen LogP contribution in [0.3, 0.4) is 0 Å². The van der Waals surface area contributed by atoms with E-state index in [0.29, 0.717) is 0 Å². The molecule has 0 saturated heterocycles. The molecule has 26 heavy (non-hydrogen) atoms. The highest BCUT2D eigenvalue weighted by Gasteiger charge is 2.31. The predicted octanol–water partition coefficient (Wildman–Crippen LogP) is 2.94. The highest BCUT2D eigenvalue weighted by molar-refractivity contribution is 5.88. The van der Waals surface area contributed by atoms with Crippen LogP contribution in [-0.2, 0) is 20.8 Å². The van der Waals surface area contributed by atoms with Crippen LogP contribution in [-0.4, -0.2) is 51.3 Å². The lowest BCUT2D eigenvalue weighted by Gasteiger charge is -2.28. The van der Waals surface area contributed by atoms with E-state index >= 15 is 0 Å². The van der Waals surface area contributed by atoms with E-state index in [1.165, 1.54) is 19.5 Å². The van der Waals surface area contributed by atoms with Gasteiger partial charge >= 0.3 is 18.2 Å². The van der Waals surface area contributed by atoms with Crippen LogP contribution in [0.4, 0.5) is 9.59 Å². The zero-order chi connectivity index (χ0) is 20.1. The van der Waals surface area contributed by atoms with Crippen molar-refractivity contribution in [3.8, 4) is 0 Å². The number of amides is 2. The Morgan fingerprint density at radius 3 is 1.88 bits per heavy atom. The Hall–Kier alpha value is -2.71. The lowest BCUT2D eigenvalue weighted by molar-refractivity contribution is -0.000498. The normalized spacial score (nSPS) is 11.5. The first-order chi connectivity index (χ1) is 11.8. The first kappa shape index (κ1) is 21.3. The van der Waals surface area contributed by atoms with Crippen LogP contribution < -0.4 is 0 Å². The molecule has 1 rings (SSSR count). The average molecular weight is 367 g/mol. The number of esters is 1. The molecule has 1 aromatic rings. The number of aromatic nitrogens is 2. The van der Waals surface area contributed by atoms with Crippen LogP contribution in [0.5, 0.6) is 0 Å². The predicted molar refractivity (Wildman–Crippen MR) is 91.4 cm³/mol. The molecule has 0 radical (unpaired) electrons. The van der Waals surface area contributed by atoms with Gasteiger partial charge < -0.3 is 14.2 Å². The first-order valence-electron chi connectivity index (χ1n) is 7.95. The Balaban J connectivity index is 3.11. The molecular weight excluding hydrogens is 342 g/mol. The van der Waals surface area contributed by atoms with E-state index in [0.717, 1.165) is 4.90 Å². The zero-order valence-corrected chi connectivity index (χ0v) is 16.2. The summed E-state index contributed by atoms with van der Waals surface area (Å²) in [5, 5.41) is 0. The Morgan fingerprint density at radius 1 is 0.962 bits per heavy atom. The van der Waals surface area contributed by atoms with Crippen molar-refractivity contribution in [2.24, 2.45) is 0 Å². The maximum absolute atomic E-state index is 12.4. The van der Waals surface area contributed by atoms with Crippen molar-refractivity contribution in [3.05, 3.63) is 23.8 Å². The van der Waals surface area contributed by atoms with Gasteiger partial charge in [-0.3, -0.25) is 4.98 Å². The summed E-state index contributed by atoms with van der Waals surface area (Å²) >= 11 is 0. The maximum Gasteiger partial charge on any atom is 0.420 e. The lowest BCUT2D eigenvalue weighted by Crippen LogP contribution is -2.43. The number of rotatable bonds is 3. The zero-order valence-electron chi connectivity index (χ0n) is 16.2. The van der Waals surface area contributed by atoms with Gasteiger partial charge in [-0.05, 0) is 41.5 Å². The smallest absolute Gasteiger partial charge is 0.420 e. The molecule has 0 fully saturated rings. The number of imide groups is 1. The fourth-order valence-electron chi connectivity index (χ4n) is 1.69. The van der Waals surface area contributed by atoms with Gasteiger partial charge in [0.05, 0.1) is 31.7 Å². The third-order valence-corrected chi connectivity index (χ3v) is 2.63. The minimum absolute atomic E-state index is 0.0432. The Morgan fingerprint density at radius 2 is 1.46 bits per heavy atom. The summed E-state index contributed by atoms with van der Waals surface area (Å²) < 4.78 is 15.1. The molecule has 9 heteroatoms. The van der Waals surface area contributed by atoms with E-state index in [4.69, 9.17) is 9.47 Å². The molecule has 0 spiro atoms. The van der Waals surface area contributed by atoms with Crippen molar-refractivity contribution in [2.75, 3.05) is 7.11 Å². The molecular formula is C17H25N3O6. The van der Waals surface area contributed by atoms with E-state index in [2.05, 4.69) is 14.7 Å². The van der Waals surface area contributed by atoms with Crippen LogP contribution in [0.25, 0.3) is 0 Å². The second-order valence-corrected chi connectivity index (χ2v) is 7.43. The molecule has 0 atom stereocenters. The number of hydrogen-bond acceptors (Lipinski definition) is 8. The van der Waals surface area contributed by atoms with Gasteiger partial charge in [0.25, 0.3) is 0 Å². The van der Waals surface area contributed by atoms with Crippen molar-refractivity contribution in [2.45, 2.75) is 59.3 Å². The summed E-state index contributed by atoms with van der Waals surface area (Å²) in [4.78, 5) is 45.1. The molecule has 0 unspecified atom stereocenters. The van der Waals surface area contributed by atoms with Crippen molar-refractivity contribution >= 4 is 18.2 Å². The summed E-state index contributed by atoms with van der Waals surface area (Å²) in [5.74, 6) is -0.680. The fourth-order valence-corrected chi connectivity index (χ4v) is 1.69. The topological polar surface area (TPSA) is 108 Å². The minimum Gasteiger partial charge on any atom is -0.464 e. The van der Waals surface area contributed by atoms with E-state index in [9.17, 15) is 14.4 Å². The number of carbonyl (C=O) groups is 3. The van der Waals surface area contributed by atoms with Gasteiger partial charge in [0.15, 0.2) is 5.69 Å². The molecule has 0 aliphatic rings. The Labute approximate surface area is 152 Å². The molecule has 0 N–H and O–H groups in total. The second kappa shape index (κ2) is 8.11. The minimum atomic E-state index is -0.892. The fraction of sp³-hybridized carbons (Fsp3) is 0.588. The molecule has 2 amide bonds. The standard InChI is InChI=1S/C17H25N3O6/c1-16(2,3)25-14(22)20(15(23)26-17(4,5)6)10-11-8-18-9-12(19-11)13(21)24-7/h8-9H,10H2,1-7H3. The summed E-state index contributed by atoms with van der Waals surface area (Å²) in [6.07, 6.45) is 0.767. The third kappa shape index (κ3) is 7.04. The van der Waals surface area contributed by atoms with Crippen molar-refractivity contribution in [1.82, 2.24) is 14.9 Å². The summed E-state index contributed by atoms with van der Waals surface area (Å²) in [6, 6.07) is 0. The summed E-state index contributed by atoms with van der Waals surface area (Å²) in [5.41, 5.74) is -1.46. The molecule has 0 bridgehead atoms. The van der Waals surface area contributed by atoms with E-state index in [1.807, 2.05) is 0 Å². The van der Waals surface area contributed by atoms with Crippen LogP contribution in [0.2, 0.25) is 0 Å². The molecule has 9 nitrogen and oxygen atoms in total. The van der Waals surface area contributed by atoms with Gasteiger partial charge in [0.1, 0.15) is 11.2 Å². The quantitative estimate of drug-likeness (QED) is 0.593. The van der Waals surface area contributed by atoms with Gasteiger partial charge in [-0.1, -0.05) is 0 Å². The SMILES string of the molecule is COC(=O)c1cncc(CN(C(=O)OC(C)(C)C)C(=O)OC(C)(C)C)n1.